The van der Waals surface area contributed by atoms with Crippen LogP contribution >= 0.6 is 11.8 Å². The molecule has 0 radical (unpaired) electrons. The van der Waals surface area contributed by atoms with Gasteiger partial charge in [-0.15, -0.1) is 0 Å². The number of nitrogens with one attached hydrogen (secondary N) is 1. The number of hydrogen-bond acceptors (Lipinski definition) is 7. The minimum absolute atomic E-state index is 0.110. The second-order valence-corrected chi connectivity index (χ2v) is 4.82. The van der Waals surface area contributed by atoms with E-state index < -0.39 is 5.97 Å². The van der Waals surface area contributed by atoms with E-state index in [2.05, 4.69) is 14.7 Å². The standard InChI is InChI=1S/C12H12N4O3S/c1-19-11(18)6-3-2-4-7(10(6)14)20-12-15-8(13)5-9(17)16-12/h2-5H,14H2,1H3,(H3,13,15,16,17). The summed E-state index contributed by atoms with van der Waals surface area (Å²) >= 11 is 1.11. The number of anilines is 2. The lowest BCUT2D eigenvalue weighted by Gasteiger charge is -2.08. The van der Waals surface area contributed by atoms with Crippen LogP contribution in [0.4, 0.5) is 11.5 Å². The van der Waals surface area contributed by atoms with E-state index in [4.69, 9.17) is 11.5 Å². The van der Waals surface area contributed by atoms with Gasteiger partial charge in [0.15, 0.2) is 5.16 Å². The van der Waals surface area contributed by atoms with E-state index in [-0.39, 0.29) is 22.6 Å². The SMILES string of the molecule is COC(=O)c1cccc(Sc2nc(N)cc(=O)[nH]2)c1N. The molecule has 0 saturated carbocycles. The summed E-state index contributed by atoms with van der Waals surface area (Å²) in [6.45, 7) is 0. The molecule has 0 aliphatic rings. The van der Waals surface area contributed by atoms with Gasteiger partial charge < -0.3 is 21.2 Å². The number of aromatic amines is 1. The van der Waals surface area contributed by atoms with Gasteiger partial charge in [0.25, 0.3) is 5.56 Å². The highest BCUT2D eigenvalue weighted by Crippen LogP contribution is 2.31. The van der Waals surface area contributed by atoms with Gasteiger partial charge in [0.05, 0.1) is 18.4 Å². The van der Waals surface area contributed by atoms with Gasteiger partial charge >= 0.3 is 5.97 Å². The van der Waals surface area contributed by atoms with Gasteiger partial charge in [-0.1, -0.05) is 6.07 Å². The van der Waals surface area contributed by atoms with Gasteiger partial charge in [-0.3, -0.25) is 4.79 Å². The molecule has 7 nitrogen and oxygen atoms in total. The monoisotopic (exact) mass is 292 g/mol. The first-order chi connectivity index (χ1) is 9.51. The Kier molecular flexibility index (Phi) is 3.94. The van der Waals surface area contributed by atoms with E-state index in [1.165, 1.54) is 13.2 Å². The smallest absolute Gasteiger partial charge is 0.339 e. The van der Waals surface area contributed by atoms with Crippen LogP contribution in [0.2, 0.25) is 0 Å². The predicted octanol–water partition coefficient (Wildman–Crippen LogP) is 0.872. The molecule has 0 bridgehead atoms. The number of H-pyrrole nitrogens is 1. The van der Waals surface area contributed by atoms with E-state index in [9.17, 15) is 9.59 Å². The van der Waals surface area contributed by atoms with E-state index in [0.29, 0.717) is 10.1 Å². The molecule has 5 N–H and O–H groups in total. The zero-order chi connectivity index (χ0) is 14.7. The van der Waals surface area contributed by atoms with Gasteiger partial charge in [0, 0.05) is 11.0 Å². The Morgan fingerprint density at radius 2 is 2.15 bits per heavy atom. The van der Waals surface area contributed by atoms with Crippen LogP contribution in [0.1, 0.15) is 10.4 Å². The van der Waals surface area contributed by atoms with Crippen LogP contribution in [0.3, 0.4) is 0 Å². The molecule has 20 heavy (non-hydrogen) atoms. The fraction of sp³-hybridized carbons (Fsp3) is 0.0833. The Morgan fingerprint density at radius 3 is 2.80 bits per heavy atom. The molecule has 0 amide bonds. The molecule has 2 rings (SSSR count). The third-order valence-corrected chi connectivity index (χ3v) is 3.38. The van der Waals surface area contributed by atoms with Crippen LogP contribution in [0, 0.1) is 0 Å². The van der Waals surface area contributed by atoms with Crippen molar-refractivity contribution in [3.8, 4) is 0 Å². The number of methoxy groups -OCH3 is 1. The van der Waals surface area contributed by atoms with Crippen molar-refractivity contribution in [1.29, 1.82) is 0 Å². The van der Waals surface area contributed by atoms with Crippen LogP contribution in [-0.2, 0) is 4.74 Å². The number of nitrogen functional groups attached to an aromatic ring is 2. The highest BCUT2D eigenvalue weighted by atomic mass is 32.2. The van der Waals surface area contributed by atoms with Crippen molar-refractivity contribution in [1.82, 2.24) is 9.97 Å². The van der Waals surface area contributed by atoms with Crippen LogP contribution < -0.4 is 17.0 Å². The number of rotatable bonds is 3. The van der Waals surface area contributed by atoms with Gasteiger partial charge in [0.1, 0.15) is 5.82 Å². The van der Waals surface area contributed by atoms with Gasteiger partial charge in [-0.2, -0.15) is 0 Å². The number of esters is 1. The van der Waals surface area contributed by atoms with E-state index in [1.807, 2.05) is 0 Å². The van der Waals surface area contributed by atoms with Crippen LogP contribution in [0.15, 0.2) is 39.1 Å². The molecule has 2 aromatic rings. The normalized spacial score (nSPS) is 10.2. The Balaban J connectivity index is 2.39. The average molecular weight is 292 g/mol. The molecule has 0 aliphatic carbocycles. The largest absolute Gasteiger partial charge is 0.465 e. The number of hydrogen-bond donors (Lipinski definition) is 3. The maximum absolute atomic E-state index is 11.5. The molecule has 1 heterocycles. The van der Waals surface area contributed by atoms with Crippen molar-refractivity contribution >= 4 is 29.2 Å². The molecule has 0 aliphatic heterocycles. The number of carbonyl (C=O) groups is 1. The quantitative estimate of drug-likeness (QED) is 0.435. The second kappa shape index (κ2) is 5.66. The summed E-state index contributed by atoms with van der Waals surface area (Å²) in [5, 5.41) is 0.295. The van der Waals surface area contributed by atoms with E-state index in [0.717, 1.165) is 11.8 Å². The Hall–Kier alpha value is -2.48. The first kappa shape index (κ1) is 13.9. The predicted molar refractivity (Wildman–Crippen MR) is 75.6 cm³/mol. The molecular weight excluding hydrogens is 280 g/mol. The maximum atomic E-state index is 11.5. The fourth-order valence-corrected chi connectivity index (χ4v) is 2.40. The zero-order valence-corrected chi connectivity index (χ0v) is 11.4. The highest BCUT2D eigenvalue weighted by Gasteiger charge is 2.14. The van der Waals surface area contributed by atoms with Crippen molar-refractivity contribution < 1.29 is 9.53 Å². The molecule has 0 atom stereocenters. The molecule has 0 fully saturated rings. The second-order valence-electron chi connectivity index (χ2n) is 3.79. The van der Waals surface area contributed by atoms with Crippen LogP contribution in [0.5, 0.6) is 0 Å². The van der Waals surface area contributed by atoms with E-state index in [1.54, 1.807) is 18.2 Å². The van der Waals surface area contributed by atoms with Crippen molar-refractivity contribution in [2.24, 2.45) is 0 Å². The summed E-state index contributed by atoms with van der Waals surface area (Å²) in [6.07, 6.45) is 0. The number of carbonyl (C=O) groups excluding carboxylic acids is 1. The zero-order valence-electron chi connectivity index (χ0n) is 10.5. The fourth-order valence-electron chi connectivity index (χ4n) is 1.53. The summed E-state index contributed by atoms with van der Waals surface area (Å²) in [5.41, 5.74) is 11.6. The number of ether oxygens (including phenoxy) is 1. The number of benzene rings is 1. The summed E-state index contributed by atoms with van der Waals surface area (Å²) < 4.78 is 4.64. The Bertz CT molecular complexity index is 714. The molecule has 8 heteroatoms. The lowest BCUT2D eigenvalue weighted by molar-refractivity contribution is 0.0601. The minimum atomic E-state index is -0.529. The minimum Gasteiger partial charge on any atom is -0.465 e. The Morgan fingerprint density at radius 1 is 1.40 bits per heavy atom. The van der Waals surface area contributed by atoms with Crippen LogP contribution in [0.25, 0.3) is 0 Å². The molecule has 0 unspecified atom stereocenters. The van der Waals surface area contributed by atoms with Gasteiger partial charge in [0.2, 0.25) is 0 Å². The summed E-state index contributed by atoms with van der Waals surface area (Å²) in [6, 6.07) is 6.10. The van der Waals surface area contributed by atoms with E-state index >= 15 is 0 Å². The van der Waals surface area contributed by atoms with Crippen LogP contribution in [-0.4, -0.2) is 23.0 Å². The third kappa shape index (κ3) is 2.91. The lowest BCUT2D eigenvalue weighted by atomic mass is 10.2. The van der Waals surface area contributed by atoms with Gasteiger partial charge in [-0.25, -0.2) is 9.78 Å². The average Bonchev–Trinajstić information content (AvgIpc) is 2.39. The molecule has 0 spiro atoms. The van der Waals surface area contributed by atoms with Gasteiger partial charge in [-0.05, 0) is 23.9 Å². The first-order valence-electron chi connectivity index (χ1n) is 5.52. The van der Waals surface area contributed by atoms with Crippen molar-refractivity contribution in [3.63, 3.8) is 0 Å². The lowest BCUT2D eigenvalue weighted by Crippen LogP contribution is -2.10. The molecular formula is C12H12N4O3S. The summed E-state index contributed by atoms with van der Waals surface area (Å²) in [4.78, 5) is 29.9. The number of nitrogens with two attached hydrogens (primary N) is 2. The highest BCUT2D eigenvalue weighted by molar-refractivity contribution is 7.99. The van der Waals surface area contributed by atoms with Crippen molar-refractivity contribution in [3.05, 3.63) is 40.2 Å². The summed E-state index contributed by atoms with van der Waals surface area (Å²) in [5.74, 6) is -0.419. The first-order valence-corrected chi connectivity index (χ1v) is 6.34. The molecule has 1 aromatic carbocycles. The topological polar surface area (TPSA) is 124 Å². The Labute approximate surface area is 118 Å². The molecule has 0 saturated heterocycles. The third-order valence-electron chi connectivity index (χ3n) is 2.42. The maximum Gasteiger partial charge on any atom is 0.339 e. The number of nitrogens with zero attached hydrogens (tertiary/aromatic N) is 1. The number of para-hydroxylation sites is 1. The van der Waals surface area contributed by atoms with Crippen molar-refractivity contribution in [2.45, 2.75) is 10.1 Å². The molecule has 1 aromatic heterocycles. The number of aromatic nitrogens is 2. The summed E-state index contributed by atoms with van der Waals surface area (Å²) in [7, 11) is 1.28. The van der Waals surface area contributed by atoms with Crippen molar-refractivity contribution in [2.75, 3.05) is 18.6 Å². The molecule has 104 valence electrons.